The summed E-state index contributed by atoms with van der Waals surface area (Å²) in [5.74, 6) is 0.530. The lowest BCUT2D eigenvalue weighted by molar-refractivity contribution is -0.185. The molecule has 29 heavy (non-hydrogen) atoms. The van der Waals surface area contributed by atoms with Gasteiger partial charge in [0.05, 0.1) is 31.8 Å². The molecule has 5 nitrogen and oxygen atoms in total. The molecule has 2 aromatic carbocycles. The molecule has 2 aromatic rings. The van der Waals surface area contributed by atoms with Gasteiger partial charge in [-0.25, -0.2) is 0 Å². The summed E-state index contributed by atoms with van der Waals surface area (Å²) in [6, 6.07) is 16.3. The van der Waals surface area contributed by atoms with Crippen molar-refractivity contribution in [3.63, 3.8) is 0 Å². The van der Waals surface area contributed by atoms with Gasteiger partial charge in [-0.15, -0.1) is 0 Å². The minimum atomic E-state index is -0.516. The number of nitrogens with zero attached hydrogens (tertiary/aromatic N) is 1. The fourth-order valence-electron chi connectivity index (χ4n) is 5.12. The van der Waals surface area contributed by atoms with Gasteiger partial charge in [-0.3, -0.25) is 4.79 Å². The van der Waals surface area contributed by atoms with Crippen molar-refractivity contribution in [1.29, 1.82) is 0 Å². The fourth-order valence-corrected chi connectivity index (χ4v) is 5.12. The molecule has 1 aliphatic carbocycles. The van der Waals surface area contributed by atoms with E-state index in [1.54, 1.807) is 0 Å². The summed E-state index contributed by atoms with van der Waals surface area (Å²) in [7, 11) is 0. The van der Waals surface area contributed by atoms with E-state index < -0.39 is 11.2 Å². The topological polar surface area (TPSA) is 48.0 Å². The summed E-state index contributed by atoms with van der Waals surface area (Å²) in [4.78, 5) is 15.8. The molecule has 152 valence electrons. The lowest BCUT2D eigenvalue weighted by Crippen LogP contribution is -2.47. The second-order valence-corrected chi connectivity index (χ2v) is 8.18. The second kappa shape index (κ2) is 7.15. The van der Waals surface area contributed by atoms with Crippen molar-refractivity contribution in [3.05, 3.63) is 59.7 Å². The number of benzene rings is 2. The number of rotatable bonds is 4. The summed E-state index contributed by atoms with van der Waals surface area (Å²) in [6.07, 6.45) is 2.96. The zero-order chi connectivity index (χ0) is 19.9. The Morgan fingerprint density at radius 1 is 1.00 bits per heavy atom. The Bertz CT molecular complexity index is 894. The smallest absolute Gasteiger partial charge is 0.238 e. The van der Waals surface area contributed by atoms with Crippen LogP contribution in [-0.2, 0) is 26.2 Å². The maximum Gasteiger partial charge on any atom is 0.238 e. The maximum atomic E-state index is 13.8. The van der Waals surface area contributed by atoms with Crippen LogP contribution in [0.15, 0.2) is 48.5 Å². The summed E-state index contributed by atoms with van der Waals surface area (Å²) in [5.41, 5.74) is 2.72. The number of hydrogen-bond acceptors (Lipinski definition) is 4. The Kier molecular flexibility index (Phi) is 4.60. The molecule has 2 spiro atoms. The first-order valence-corrected chi connectivity index (χ1v) is 10.6. The third-order valence-electron chi connectivity index (χ3n) is 6.60. The van der Waals surface area contributed by atoms with Crippen LogP contribution in [0.2, 0.25) is 0 Å². The Morgan fingerprint density at radius 2 is 1.72 bits per heavy atom. The third-order valence-corrected chi connectivity index (χ3v) is 6.60. The zero-order valence-corrected chi connectivity index (χ0v) is 16.9. The average molecular weight is 393 g/mol. The Hall–Kier alpha value is -2.37. The van der Waals surface area contributed by atoms with Crippen molar-refractivity contribution in [3.8, 4) is 5.75 Å². The van der Waals surface area contributed by atoms with Crippen molar-refractivity contribution < 1.29 is 19.0 Å². The third kappa shape index (κ3) is 3.04. The first-order chi connectivity index (χ1) is 14.2. The van der Waals surface area contributed by atoms with Crippen molar-refractivity contribution in [2.75, 3.05) is 24.7 Å². The van der Waals surface area contributed by atoms with Gasteiger partial charge in [-0.2, -0.15) is 0 Å². The highest BCUT2D eigenvalue weighted by Crippen LogP contribution is 2.54. The van der Waals surface area contributed by atoms with Crippen molar-refractivity contribution in [2.24, 2.45) is 0 Å². The number of carbonyl (C=O) groups is 1. The normalized spacial score (nSPS) is 21.7. The Balaban J connectivity index is 1.52. The van der Waals surface area contributed by atoms with E-state index in [1.165, 1.54) is 0 Å². The minimum absolute atomic E-state index is 0.192. The molecule has 0 bridgehead atoms. The maximum absolute atomic E-state index is 13.8. The number of hydrogen-bond donors (Lipinski definition) is 0. The van der Waals surface area contributed by atoms with Gasteiger partial charge in [-0.05, 0) is 49.1 Å². The molecule has 0 aromatic heterocycles. The van der Waals surface area contributed by atoms with Gasteiger partial charge in [0.1, 0.15) is 5.75 Å². The molecule has 0 atom stereocenters. The monoisotopic (exact) mass is 393 g/mol. The summed E-state index contributed by atoms with van der Waals surface area (Å²) >= 11 is 0. The number of anilines is 1. The van der Waals surface area contributed by atoms with Crippen LogP contribution >= 0.6 is 0 Å². The van der Waals surface area contributed by atoms with Gasteiger partial charge in [-0.1, -0.05) is 30.3 Å². The minimum Gasteiger partial charge on any atom is -0.494 e. The highest BCUT2D eigenvalue weighted by molar-refractivity contribution is 6.08. The molecular formula is C24H27NO4. The van der Waals surface area contributed by atoms with Crippen molar-refractivity contribution in [1.82, 2.24) is 0 Å². The molecule has 0 unspecified atom stereocenters. The number of carbonyl (C=O) groups excluding carboxylic acids is 1. The second-order valence-electron chi connectivity index (χ2n) is 8.18. The summed E-state index contributed by atoms with van der Waals surface area (Å²) < 4.78 is 17.6. The van der Waals surface area contributed by atoms with E-state index >= 15 is 0 Å². The SMILES string of the molecule is CCOc1ccc2c(c1)C1(CCC3(CC1)OCCO3)C(=O)N2Cc1ccccc1. The van der Waals surface area contributed by atoms with Gasteiger partial charge in [0.15, 0.2) is 5.79 Å². The van der Waals surface area contributed by atoms with Crippen LogP contribution in [0.4, 0.5) is 5.69 Å². The predicted octanol–water partition coefficient (Wildman–Crippen LogP) is 4.19. The van der Waals surface area contributed by atoms with Crippen molar-refractivity contribution in [2.45, 2.75) is 50.4 Å². The largest absolute Gasteiger partial charge is 0.494 e. The molecule has 1 amide bonds. The van der Waals surface area contributed by atoms with Gasteiger partial charge in [0.25, 0.3) is 0 Å². The first kappa shape index (κ1) is 18.6. The summed E-state index contributed by atoms with van der Waals surface area (Å²) in [6.45, 7) is 4.46. The average Bonchev–Trinajstić information content (AvgIpc) is 3.29. The number of fused-ring (bicyclic) bond motifs is 2. The zero-order valence-electron chi connectivity index (χ0n) is 16.9. The van der Waals surface area contributed by atoms with Gasteiger partial charge < -0.3 is 19.1 Å². The molecule has 2 aliphatic heterocycles. The Labute approximate surface area is 171 Å². The van der Waals surface area contributed by atoms with Crippen molar-refractivity contribution >= 4 is 11.6 Å². The van der Waals surface area contributed by atoms with E-state index in [-0.39, 0.29) is 5.91 Å². The highest BCUT2D eigenvalue weighted by Gasteiger charge is 2.56. The number of ether oxygens (including phenoxy) is 3. The van der Waals surface area contributed by atoms with E-state index in [4.69, 9.17) is 14.2 Å². The van der Waals surface area contributed by atoms with E-state index in [1.807, 2.05) is 42.2 Å². The molecule has 2 fully saturated rings. The van der Waals surface area contributed by atoms with E-state index in [0.717, 1.165) is 48.2 Å². The lowest BCUT2D eigenvalue weighted by atomic mass is 9.68. The van der Waals surface area contributed by atoms with E-state index in [9.17, 15) is 4.79 Å². The molecule has 3 aliphatic rings. The van der Waals surface area contributed by atoms with Gasteiger partial charge in [0.2, 0.25) is 5.91 Å². The van der Waals surface area contributed by atoms with Crippen LogP contribution in [-0.4, -0.2) is 31.5 Å². The lowest BCUT2D eigenvalue weighted by Gasteiger charge is -2.40. The standard InChI is InChI=1S/C24H27NO4/c1-2-27-19-8-9-21-20(16-19)23(10-12-24(13-11-23)28-14-15-29-24)22(26)25(21)17-18-6-4-3-5-7-18/h3-9,16H,2,10-15,17H2,1H3. The molecular weight excluding hydrogens is 366 g/mol. The van der Waals surface area contributed by atoms with Crippen LogP contribution < -0.4 is 9.64 Å². The first-order valence-electron chi connectivity index (χ1n) is 10.6. The van der Waals surface area contributed by atoms with Crippen LogP contribution in [0.1, 0.15) is 43.7 Å². The molecule has 5 rings (SSSR count). The molecule has 2 heterocycles. The van der Waals surface area contributed by atoms with E-state index in [2.05, 4.69) is 18.2 Å². The Morgan fingerprint density at radius 3 is 2.41 bits per heavy atom. The van der Waals surface area contributed by atoms with Crippen LogP contribution in [0.5, 0.6) is 5.75 Å². The molecule has 5 heteroatoms. The number of amides is 1. The van der Waals surface area contributed by atoms with Crippen LogP contribution in [0.25, 0.3) is 0 Å². The highest BCUT2D eigenvalue weighted by atomic mass is 16.7. The molecule has 0 radical (unpaired) electrons. The molecule has 0 N–H and O–H groups in total. The van der Waals surface area contributed by atoms with Crippen LogP contribution in [0.3, 0.4) is 0 Å². The fraction of sp³-hybridized carbons (Fsp3) is 0.458. The quantitative estimate of drug-likeness (QED) is 0.782. The van der Waals surface area contributed by atoms with Gasteiger partial charge in [0, 0.05) is 18.5 Å². The molecule has 1 saturated carbocycles. The molecule has 1 saturated heterocycles. The predicted molar refractivity (Wildman–Crippen MR) is 110 cm³/mol. The van der Waals surface area contributed by atoms with Crippen LogP contribution in [0, 0.1) is 0 Å². The van der Waals surface area contributed by atoms with E-state index in [0.29, 0.717) is 26.4 Å². The van der Waals surface area contributed by atoms with Gasteiger partial charge >= 0.3 is 0 Å². The summed E-state index contributed by atoms with van der Waals surface area (Å²) in [5, 5.41) is 0.